The van der Waals surface area contributed by atoms with E-state index in [1.54, 1.807) is 0 Å². The Morgan fingerprint density at radius 2 is 1.07 bits per heavy atom. The fourth-order valence-electron chi connectivity index (χ4n) is 3.99. The number of benzene rings is 4. The van der Waals surface area contributed by atoms with E-state index in [9.17, 15) is 9.59 Å². The number of aryl methyl sites for hydroxylation is 2. The van der Waals surface area contributed by atoms with Gasteiger partial charge in [-0.2, -0.15) is 0 Å². The highest BCUT2D eigenvalue weighted by Crippen LogP contribution is 2.22. The Morgan fingerprint density at radius 3 is 1.50 bits per heavy atom. The van der Waals surface area contributed by atoms with Crippen molar-refractivity contribution in [2.75, 3.05) is 0 Å². The largest absolute Gasteiger partial charge is 0.478 e. The maximum Gasteiger partial charge on any atom is 0.328 e. The standard InChI is InChI=1S/2C17H15ClO2/c18-17-10-7-14(8-11-17)6-9-16(12-20-13-19)15-4-2-1-3-5-15;18-16-10-7-13(8-11-16)6-9-15(12-17(19)20)14-4-2-1-3-5-14/h1-5,7-8,10-13H,6,9H2;1-5,7-8,10-12H,6,9H2,(H,19,20)/b16-12+;15-12-. The van der Waals surface area contributed by atoms with Gasteiger partial charge in [-0.25, -0.2) is 4.79 Å². The Bertz CT molecular complexity index is 1400. The molecule has 0 fully saturated rings. The van der Waals surface area contributed by atoms with E-state index in [2.05, 4.69) is 0 Å². The number of hydrogen-bond acceptors (Lipinski definition) is 3. The third-order valence-corrected chi connectivity index (χ3v) is 6.55. The van der Waals surface area contributed by atoms with Crippen LogP contribution in [0, 0.1) is 0 Å². The Kier molecular flexibility index (Phi) is 12.7. The van der Waals surface area contributed by atoms with Crippen LogP contribution in [-0.4, -0.2) is 17.5 Å². The van der Waals surface area contributed by atoms with Crippen LogP contribution in [-0.2, 0) is 27.2 Å². The quantitative estimate of drug-likeness (QED) is 0.111. The lowest BCUT2D eigenvalue weighted by Crippen LogP contribution is -1.95. The topological polar surface area (TPSA) is 63.6 Å². The van der Waals surface area contributed by atoms with Gasteiger partial charge in [0.2, 0.25) is 0 Å². The summed E-state index contributed by atoms with van der Waals surface area (Å²) in [7, 11) is 0. The Labute approximate surface area is 245 Å². The number of rotatable bonds is 11. The summed E-state index contributed by atoms with van der Waals surface area (Å²) in [5, 5.41) is 10.4. The summed E-state index contributed by atoms with van der Waals surface area (Å²) in [6.45, 7) is 0.436. The first-order valence-corrected chi connectivity index (χ1v) is 13.5. The number of allylic oxidation sites excluding steroid dienone is 2. The van der Waals surface area contributed by atoms with Gasteiger partial charge in [0, 0.05) is 16.1 Å². The van der Waals surface area contributed by atoms with E-state index in [1.165, 1.54) is 17.9 Å². The molecule has 0 aliphatic heterocycles. The van der Waals surface area contributed by atoms with Gasteiger partial charge >= 0.3 is 5.97 Å². The second-order valence-electron chi connectivity index (χ2n) is 8.87. The van der Waals surface area contributed by atoms with Crippen LogP contribution >= 0.6 is 23.2 Å². The van der Waals surface area contributed by atoms with Crippen LogP contribution in [0.15, 0.2) is 122 Å². The number of halogens is 2. The molecular weight excluding hydrogens is 543 g/mol. The number of carboxylic acids is 1. The summed E-state index contributed by atoms with van der Waals surface area (Å²) in [4.78, 5) is 21.3. The highest BCUT2D eigenvalue weighted by atomic mass is 35.5. The van der Waals surface area contributed by atoms with E-state index < -0.39 is 5.97 Å². The van der Waals surface area contributed by atoms with Gasteiger partial charge in [0.15, 0.2) is 0 Å². The van der Waals surface area contributed by atoms with Crippen molar-refractivity contribution in [2.24, 2.45) is 0 Å². The molecule has 0 saturated heterocycles. The second-order valence-corrected chi connectivity index (χ2v) is 9.74. The summed E-state index contributed by atoms with van der Waals surface area (Å²) in [5.74, 6) is -0.917. The molecular formula is C34H30Cl2O4. The molecule has 1 N–H and O–H groups in total. The van der Waals surface area contributed by atoms with E-state index in [0.717, 1.165) is 52.1 Å². The maximum absolute atomic E-state index is 10.9. The molecule has 0 radical (unpaired) electrons. The third-order valence-electron chi connectivity index (χ3n) is 6.05. The lowest BCUT2D eigenvalue weighted by atomic mass is 9.98. The molecule has 0 amide bonds. The van der Waals surface area contributed by atoms with Crippen molar-refractivity contribution >= 4 is 46.8 Å². The van der Waals surface area contributed by atoms with Gasteiger partial charge < -0.3 is 9.84 Å². The van der Waals surface area contributed by atoms with Gasteiger partial charge in [-0.3, -0.25) is 4.79 Å². The van der Waals surface area contributed by atoms with Crippen LogP contribution < -0.4 is 0 Å². The van der Waals surface area contributed by atoms with E-state index in [4.69, 9.17) is 33.0 Å². The van der Waals surface area contributed by atoms with Gasteiger partial charge in [0.1, 0.15) is 0 Å². The second kappa shape index (κ2) is 16.8. The van der Waals surface area contributed by atoms with Crippen LogP contribution in [0.1, 0.15) is 35.1 Å². The lowest BCUT2D eigenvalue weighted by molar-refractivity contribution is -0.131. The van der Waals surface area contributed by atoms with Gasteiger partial charge in [-0.15, -0.1) is 0 Å². The minimum absolute atomic E-state index is 0.436. The molecule has 0 aliphatic rings. The number of aliphatic carboxylic acids is 1. The first-order valence-electron chi connectivity index (χ1n) is 12.8. The third kappa shape index (κ3) is 10.9. The molecule has 40 heavy (non-hydrogen) atoms. The summed E-state index contributed by atoms with van der Waals surface area (Å²) in [5.41, 5.74) is 6.16. The number of carboxylic acid groups (broad SMARTS) is 1. The molecule has 6 heteroatoms. The van der Waals surface area contributed by atoms with Crippen LogP contribution in [0.25, 0.3) is 11.1 Å². The van der Waals surface area contributed by atoms with Crippen molar-refractivity contribution in [3.63, 3.8) is 0 Å². The number of hydrogen-bond donors (Lipinski definition) is 1. The first kappa shape index (κ1) is 30.4. The van der Waals surface area contributed by atoms with Crippen molar-refractivity contribution < 1.29 is 19.4 Å². The van der Waals surface area contributed by atoms with Crippen LogP contribution in [0.4, 0.5) is 0 Å². The minimum atomic E-state index is -0.917. The molecule has 204 valence electrons. The highest BCUT2D eigenvalue weighted by molar-refractivity contribution is 6.30. The maximum atomic E-state index is 10.9. The summed E-state index contributed by atoms with van der Waals surface area (Å²) in [6.07, 6.45) is 5.91. The Balaban J connectivity index is 0.000000220. The predicted molar refractivity (Wildman–Crippen MR) is 163 cm³/mol. The zero-order valence-corrected chi connectivity index (χ0v) is 23.4. The Hall–Kier alpha value is -4.12. The molecule has 0 aliphatic carbocycles. The molecule has 4 aromatic rings. The summed E-state index contributed by atoms with van der Waals surface area (Å²) < 4.78 is 4.79. The van der Waals surface area contributed by atoms with E-state index in [1.807, 2.05) is 109 Å². The number of carbonyl (C=O) groups excluding carboxylic acids is 1. The van der Waals surface area contributed by atoms with Crippen molar-refractivity contribution in [2.45, 2.75) is 25.7 Å². The van der Waals surface area contributed by atoms with Crippen molar-refractivity contribution in [1.29, 1.82) is 0 Å². The predicted octanol–water partition coefficient (Wildman–Crippen LogP) is 8.93. The number of ether oxygens (including phenoxy) is 1. The molecule has 0 atom stereocenters. The average molecular weight is 574 g/mol. The van der Waals surface area contributed by atoms with Crippen molar-refractivity contribution in [1.82, 2.24) is 0 Å². The molecule has 0 saturated carbocycles. The number of carbonyl (C=O) groups is 2. The van der Waals surface area contributed by atoms with Crippen molar-refractivity contribution in [3.05, 3.63) is 154 Å². The van der Waals surface area contributed by atoms with Gasteiger partial charge in [-0.1, -0.05) is 108 Å². The molecule has 4 nitrogen and oxygen atoms in total. The average Bonchev–Trinajstić information content (AvgIpc) is 2.98. The first-order chi connectivity index (χ1) is 19.4. The normalized spacial score (nSPS) is 11.2. The smallest absolute Gasteiger partial charge is 0.328 e. The summed E-state index contributed by atoms with van der Waals surface area (Å²) in [6, 6.07) is 34.9. The minimum Gasteiger partial charge on any atom is -0.478 e. The molecule has 4 aromatic carbocycles. The van der Waals surface area contributed by atoms with Gasteiger partial charge in [-0.05, 0) is 83.3 Å². The molecule has 4 rings (SSSR count). The van der Waals surface area contributed by atoms with Crippen LogP contribution in [0.2, 0.25) is 10.0 Å². The van der Waals surface area contributed by atoms with E-state index >= 15 is 0 Å². The molecule has 0 unspecified atom stereocenters. The van der Waals surface area contributed by atoms with Gasteiger partial charge in [0.25, 0.3) is 6.47 Å². The fourth-order valence-corrected chi connectivity index (χ4v) is 4.25. The van der Waals surface area contributed by atoms with Gasteiger partial charge in [0.05, 0.1) is 6.26 Å². The van der Waals surface area contributed by atoms with E-state index in [0.29, 0.717) is 17.9 Å². The SMILES string of the molecule is O=C(O)/C=C(/CCc1ccc(Cl)cc1)c1ccccc1.O=CO/C=C(\CCc1ccc(Cl)cc1)c1ccccc1. The van der Waals surface area contributed by atoms with Crippen LogP contribution in [0.3, 0.4) is 0 Å². The monoisotopic (exact) mass is 572 g/mol. The molecule has 0 bridgehead atoms. The van der Waals surface area contributed by atoms with Crippen LogP contribution in [0.5, 0.6) is 0 Å². The molecule has 0 heterocycles. The zero-order chi connectivity index (χ0) is 28.6. The molecule has 0 spiro atoms. The van der Waals surface area contributed by atoms with E-state index in [-0.39, 0.29) is 0 Å². The lowest BCUT2D eigenvalue weighted by Gasteiger charge is -2.07. The fraction of sp³-hybridized carbons (Fsp3) is 0.118. The Morgan fingerprint density at radius 1 is 0.650 bits per heavy atom. The zero-order valence-electron chi connectivity index (χ0n) is 21.9. The van der Waals surface area contributed by atoms with Crippen molar-refractivity contribution in [3.8, 4) is 0 Å². The highest BCUT2D eigenvalue weighted by Gasteiger charge is 2.05. The summed E-state index contributed by atoms with van der Waals surface area (Å²) >= 11 is 11.7. The molecule has 0 aromatic heterocycles.